The monoisotopic (exact) mass is 499 g/mol. The van der Waals surface area contributed by atoms with Crippen LogP contribution in [0.3, 0.4) is 0 Å². The third-order valence-electron chi connectivity index (χ3n) is 4.99. The van der Waals surface area contributed by atoms with Crippen LogP contribution in [0.5, 0.6) is 5.75 Å². The first kappa shape index (κ1) is 22.6. The molecule has 7 heteroatoms. The van der Waals surface area contributed by atoms with Gasteiger partial charge in [-0.3, -0.25) is 0 Å². The van der Waals surface area contributed by atoms with E-state index in [1.165, 1.54) is 6.07 Å². The molecule has 0 spiro atoms. The lowest BCUT2D eigenvalue weighted by atomic mass is 9.81. The Labute approximate surface area is 188 Å². The average Bonchev–Trinajstić information content (AvgIpc) is 3.06. The van der Waals surface area contributed by atoms with E-state index in [0.29, 0.717) is 23.1 Å². The summed E-state index contributed by atoms with van der Waals surface area (Å²) >= 11 is 8.22. The van der Waals surface area contributed by atoms with Gasteiger partial charge in [-0.05, 0) is 48.7 Å². The summed E-state index contributed by atoms with van der Waals surface area (Å²) in [6.07, 6.45) is 2.73. The Morgan fingerprint density at radius 2 is 2.07 bits per heavy atom. The fourth-order valence-corrected chi connectivity index (χ4v) is 5.04. The van der Waals surface area contributed by atoms with Gasteiger partial charge in [-0.15, -0.1) is 11.3 Å². The molecule has 0 amide bonds. The van der Waals surface area contributed by atoms with Gasteiger partial charge in [-0.25, -0.2) is 4.39 Å². The summed E-state index contributed by atoms with van der Waals surface area (Å²) in [5.74, 6) is -0.118. The molecule has 0 fully saturated rings. The minimum atomic E-state index is -1.33. The summed E-state index contributed by atoms with van der Waals surface area (Å²) in [6.45, 7) is 9.60. The number of fused-ring (bicyclic) bond motifs is 1. The zero-order chi connectivity index (χ0) is 21.4. The zero-order valence-corrected chi connectivity index (χ0v) is 19.8. The maximum absolute atomic E-state index is 14.3. The standard InChI is InChI=1S/C22H24BrClFNO2S/c1-5-9-18(26-29(27)21(2,3)4)22(14-10-7-6-8-11-14)13-15-17(28-22)12-16(25)20(24)19(15)23/h5-8,10-12,18,26H,1,9,13H2,2-4H3/t18?,22-,29+/m0/s1. The molecule has 3 nitrogen and oxygen atoms in total. The Morgan fingerprint density at radius 1 is 1.41 bits per heavy atom. The molecule has 3 atom stereocenters. The van der Waals surface area contributed by atoms with Gasteiger partial charge in [-0.2, -0.15) is 0 Å². The number of halogens is 3. The van der Waals surface area contributed by atoms with E-state index in [0.717, 1.165) is 11.1 Å². The molecule has 2 aromatic rings. The molecule has 1 heterocycles. The van der Waals surface area contributed by atoms with Crippen molar-refractivity contribution in [2.24, 2.45) is 0 Å². The Kier molecular flexibility index (Phi) is 6.71. The highest BCUT2D eigenvalue weighted by atomic mass is 79.9. The molecule has 0 aromatic heterocycles. The number of nitrogens with one attached hydrogen (secondary N) is 1. The molecule has 0 radical (unpaired) electrons. The van der Waals surface area contributed by atoms with E-state index in [4.69, 9.17) is 16.3 Å². The number of rotatable bonds is 6. The summed E-state index contributed by atoms with van der Waals surface area (Å²) < 4.78 is 37.0. The van der Waals surface area contributed by atoms with E-state index in [9.17, 15) is 8.94 Å². The van der Waals surface area contributed by atoms with Gasteiger partial charge in [0.15, 0.2) is 5.60 Å². The fourth-order valence-electron chi connectivity index (χ4n) is 3.44. The molecular weight excluding hydrogens is 477 g/mol. The lowest BCUT2D eigenvalue weighted by molar-refractivity contribution is 0.0560. The van der Waals surface area contributed by atoms with E-state index in [1.54, 1.807) is 6.08 Å². The van der Waals surface area contributed by atoms with Crippen molar-refractivity contribution in [1.29, 1.82) is 0 Å². The third kappa shape index (κ3) is 4.37. The fraction of sp³-hybridized carbons (Fsp3) is 0.364. The Balaban J connectivity index is 2.12. The van der Waals surface area contributed by atoms with Gasteiger partial charge in [0.05, 0.1) is 5.02 Å². The van der Waals surface area contributed by atoms with Crippen molar-refractivity contribution in [3.63, 3.8) is 0 Å². The normalized spacial score (nSPS) is 20.7. The van der Waals surface area contributed by atoms with Crippen LogP contribution in [0.15, 0.2) is 53.5 Å². The maximum Gasteiger partial charge on any atom is 0.158 e. The van der Waals surface area contributed by atoms with E-state index in [2.05, 4.69) is 27.2 Å². The minimum Gasteiger partial charge on any atom is -0.598 e. The van der Waals surface area contributed by atoms with Crippen LogP contribution in [-0.2, 0) is 23.4 Å². The second-order valence-corrected chi connectivity index (χ2v) is 11.2. The molecule has 3 rings (SSSR count). The first-order valence-electron chi connectivity index (χ1n) is 9.30. The highest BCUT2D eigenvalue weighted by Gasteiger charge is 2.50. The van der Waals surface area contributed by atoms with Crippen LogP contribution in [0.2, 0.25) is 5.02 Å². The average molecular weight is 501 g/mol. The summed E-state index contributed by atoms with van der Waals surface area (Å²) in [5, 5.41) is 0.0303. The third-order valence-corrected chi connectivity index (χ3v) is 8.07. The Bertz CT molecular complexity index is 906. The van der Waals surface area contributed by atoms with Crippen LogP contribution in [0.25, 0.3) is 0 Å². The van der Waals surface area contributed by atoms with E-state index >= 15 is 0 Å². The first-order chi connectivity index (χ1) is 13.6. The van der Waals surface area contributed by atoms with Crippen LogP contribution in [0, 0.1) is 5.82 Å². The molecular formula is C22H24BrClFNO2S. The SMILES string of the molecule is C=CCC(N[S@+]([O-])C(C)(C)C)[C@@]1(c2ccccc2)Cc2c(cc(F)c(Cl)c2Br)O1. The second-order valence-electron chi connectivity index (χ2n) is 8.07. The van der Waals surface area contributed by atoms with Crippen molar-refractivity contribution in [2.75, 3.05) is 0 Å². The highest BCUT2D eigenvalue weighted by Crippen LogP contribution is 2.49. The number of ether oxygens (including phenoxy) is 1. The molecule has 0 saturated carbocycles. The largest absolute Gasteiger partial charge is 0.598 e. The van der Waals surface area contributed by atoms with Crippen molar-refractivity contribution in [3.05, 3.63) is 75.5 Å². The topological polar surface area (TPSA) is 44.3 Å². The highest BCUT2D eigenvalue weighted by molar-refractivity contribution is 9.10. The summed E-state index contributed by atoms with van der Waals surface area (Å²) in [5.41, 5.74) is 0.806. The number of hydrogen-bond donors (Lipinski definition) is 1. The maximum atomic E-state index is 14.3. The second kappa shape index (κ2) is 8.60. The molecule has 156 valence electrons. The minimum absolute atomic E-state index is 0.0303. The lowest BCUT2D eigenvalue weighted by Gasteiger charge is -2.38. The van der Waals surface area contributed by atoms with Crippen LogP contribution in [0.1, 0.15) is 38.3 Å². The zero-order valence-electron chi connectivity index (χ0n) is 16.6. The van der Waals surface area contributed by atoms with Crippen molar-refractivity contribution in [3.8, 4) is 5.75 Å². The lowest BCUT2D eigenvalue weighted by Crippen LogP contribution is -2.56. The van der Waals surface area contributed by atoms with E-state index < -0.39 is 27.5 Å². The van der Waals surface area contributed by atoms with Gasteiger partial charge >= 0.3 is 0 Å². The molecule has 0 saturated heterocycles. The molecule has 1 aliphatic heterocycles. The van der Waals surface area contributed by atoms with Gasteiger partial charge in [0, 0.05) is 33.9 Å². The van der Waals surface area contributed by atoms with Crippen molar-refractivity contribution in [1.82, 2.24) is 4.72 Å². The van der Waals surface area contributed by atoms with Gasteiger partial charge in [0.1, 0.15) is 22.4 Å². The summed E-state index contributed by atoms with van der Waals surface area (Å²) in [6, 6.07) is 10.7. The Hall–Kier alpha value is -1.05. The predicted molar refractivity (Wildman–Crippen MR) is 121 cm³/mol. The molecule has 2 aromatic carbocycles. The van der Waals surface area contributed by atoms with Gasteiger partial charge in [-0.1, -0.05) is 48.0 Å². The quantitative estimate of drug-likeness (QED) is 0.297. The molecule has 29 heavy (non-hydrogen) atoms. The number of benzene rings is 2. The molecule has 1 unspecified atom stereocenters. The Morgan fingerprint density at radius 3 is 2.66 bits per heavy atom. The van der Waals surface area contributed by atoms with Crippen molar-refractivity contribution in [2.45, 2.75) is 50.0 Å². The summed E-state index contributed by atoms with van der Waals surface area (Å²) in [7, 11) is 0. The van der Waals surface area contributed by atoms with Crippen molar-refractivity contribution >= 4 is 38.9 Å². The van der Waals surface area contributed by atoms with E-state index in [1.807, 2.05) is 51.1 Å². The van der Waals surface area contributed by atoms with Crippen LogP contribution in [-0.4, -0.2) is 15.3 Å². The predicted octanol–water partition coefficient (Wildman–Crippen LogP) is 6.07. The molecule has 0 aliphatic carbocycles. The van der Waals surface area contributed by atoms with Gasteiger partial charge in [0.25, 0.3) is 0 Å². The van der Waals surface area contributed by atoms with E-state index in [-0.39, 0.29) is 11.1 Å². The van der Waals surface area contributed by atoms with Crippen LogP contribution >= 0.6 is 27.5 Å². The van der Waals surface area contributed by atoms with Crippen molar-refractivity contribution < 1.29 is 13.7 Å². The molecule has 1 N–H and O–H groups in total. The molecule has 0 bridgehead atoms. The smallest absolute Gasteiger partial charge is 0.158 e. The summed E-state index contributed by atoms with van der Waals surface area (Å²) in [4.78, 5) is 0. The molecule has 1 aliphatic rings. The first-order valence-corrected chi connectivity index (χ1v) is 11.6. The number of hydrogen-bond acceptors (Lipinski definition) is 3. The van der Waals surface area contributed by atoms with Gasteiger partial charge in [0.2, 0.25) is 0 Å². The van der Waals surface area contributed by atoms with Crippen LogP contribution < -0.4 is 9.46 Å². The van der Waals surface area contributed by atoms with Crippen LogP contribution in [0.4, 0.5) is 4.39 Å². The van der Waals surface area contributed by atoms with Gasteiger partial charge < -0.3 is 9.29 Å².